The lowest BCUT2D eigenvalue weighted by atomic mass is 10.2. The van der Waals surface area contributed by atoms with E-state index < -0.39 is 0 Å². The monoisotopic (exact) mass is 248 g/mol. The molecule has 18 heavy (non-hydrogen) atoms. The van der Waals surface area contributed by atoms with Crippen LogP contribution in [-0.2, 0) is 0 Å². The molecular weight excluding hydrogens is 224 g/mol. The van der Waals surface area contributed by atoms with Crippen LogP contribution >= 0.6 is 0 Å². The molecule has 1 aromatic heterocycles. The zero-order chi connectivity index (χ0) is 12.8. The summed E-state index contributed by atoms with van der Waals surface area (Å²) in [5.74, 6) is 1.11. The Balaban J connectivity index is 1.77. The molecule has 0 amide bonds. The van der Waals surface area contributed by atoms with Gasteiger partial charge >= 0.3 is 0 Å². The Bertz CT molecular complexity index is 341. The summed E-state index contributed by atoms with van der Waals surface area (Å²) in [7, 11) is 0. The molecule has 0 unspecified atom stereocenters. The van der Waals surface area contributed by atoms with Crippen molar-refractivity contribution in [2.75, 3.05) is 44.2 Å². The largest absolute Gasteiger partial charge is 0.354 e. The van der Waals surface area contributed by atoms with Crippen LogP contribution in [0, 0.1) is 6.92 Å². The lowest BCUT2D eigenvalue weighted by molar-refractivity contribution is 0.253. The Hall–Kier alpha value is -1.13. The van der Waals surface area contributed by atoms with Crippen molar-refractivity contribution in [2.24, 2.45) is 5.73 Å². The SMILES string of the molecule is Cc1ccc(N2CCN(CCCCN)CC2)nc1. The van der Waals surface area contributed by atoms with E-state index >= 15 is 0 Å². The molecule has 0 radical (unpaired) electrons. The molecule has 0 atom stereocenters. The first-order chi connectivity index (χ1) is 8.79. The second kappa shape index (κ2) is 6.71. The smallest absolute Gasteiger partial charge is 0.128 e. The van der Waals surface area contributed by atoms with Crippen LogP contribution in [0.3, 0.4) is 0 Å². The van der Waals surface area contributed by atoms with Crippen LogP contribution in [-0.4, -0.2) is 49.2 Å². The van der Waals surface area contributed by atoms with Crippen molar-refractivity contribution >= 4 is 5.82 Å². The molecule has 1 aliphatic heterocycles. The quantitative estimate of drug-likeness (QED) is 0.797. The summed E-state index contributed by atoms with van der Waals surface area (Å²) in [4.78, 5) is 9.40. The molecule has 0 aliphatic carbocycles. The zero-order valence-corrected chi connectivity index (χ0v) is 11.3. The van der Waals surface area contributed by atoms with E-state index in [4.69, 9.17) is 5.73 Å². The summed E-state index contributed by atoms with van der Waals surface area (Å²) in [5.41, 5.74) is 6.74. The van der Waals surface area contributed by atoms with Crippen molar-refractivity contribution in [3.05, 3.63) is 23.9 Å². The van der Waals surface area contributed by atoms with Gasteiger partial charge in [-0.15, -0.1) is 0 Å². The predicted molar refractivity (Wildman–Crippen MR) is 75.9 cm³/mol. The second-order valence-corrected chi connectivity index (χ2v) is 5.02. The topological polar surface area (TPSA) is 45.4 Å². The highest BCUT2D eigenvalue weighted by atomic mass is 15.3. The molecule has 2 N–H and O–H groups in total. The van der Waals surface area contributed by atoms with E-state index in [1.807, 2.05) is 6.20 Å². The van der Waals surface area contributed by atoms with E-state index in [1.54, 1.807) is 0 Å². The van der Waals surface area contributed by atoms with Crippen molar-refractivity contribution in [3.8, 4) is 0 Å². The number of hydrogen-bond donors (Lipinski definition) is 1. The van der Waals surface area contributed by atoms with E-state index in [9.17, 15) is 0 Å². The van der Waals surface area contributed by atoms with E-state index in [0.29, 0.717) is 0 Å². The van der Waals surface area contributed by atoms with Crippen LogP contribution < -0.4 is 10.6 Å². The van der Waals surface area contributed by atoms with Crippen LogP contribution in [0.15, 0.2) is 18.3 Å². The second-order valence-electron chi connectivity index (χ2n) is 5.02. The van der Waals surface area contributed by atoms with Gasteiger partial charge in [0.25, 0.3) is 0 Å². The van der Waals surface area contributed by atoms with Gasteiger partial charge in [-0.1, -0.05) is 6.07 Å². The van der Waals surface area contributed by atoms with Gasteiger partial charge in [-0.2, -0.15) is 0 Å². The normalized spacial score (nSPS) is 17.1. The molecular formula is C14H24N4. The van der Waals surface area contributed by atoms with Crippen LogP contribution in [0.2, 0.25) is 0 Å². The molecule has 1 saturated heterocycles. The molecule has 1 aromatic rings. The van der Waals surface area contributed by atoms with Gasteiger partial charge in [-0.25, -0.2) is 4.98 Å². The molecule has 0 bridgehead atoms. The lowest BCUT2D eigenvalue weighted by Gasteiger charge is -2.35. The van der Waals surface area contributed by atoms with Gasteiger partial charge in [-0.05, 0) is 44.5 Å². The molecule has 0 spiro atoms. The van der Waals surface area contributed by atoms with Crippen LogP contribution in [0.5, 0.6) is 0 Å². The third-order valence-electron chi connectivity index (χ3n) is 3.52. The van der Waals surface area contributed by atoms with Gasteiger partial charge in [0.2, 0.25) is 0 Å². The summed E-state index contributed by atoms with van der Waals surface area (Å²) >= 11 is 0. The molecule has 2 heterocycles. The Morgan fingerprint density at radius 2 is 1.94 bits per heavy atom. The fourth-order valence-electron chi connectivity index (χ4n) is 2.33. The first kappa shape index (κ1) is 13.3. The minimum absolute atomic E-state index is 0.813. The fourth-order valence-corrected chi connectivity index (χ4v) is 2.33. The van der Waals surface area contributed by atoms with Gasteiger partial charge in [0, 0.05) is 32.4 Å². The third kappa shape index (κ3) is 3.68. The fraction of sp³-hybridized carbons (Fsp3) is 0.643. The maximum absolute atomic E-state index is 5.52. The highest BCUT2D eigenvalue weighted by molar-refractivity contribution is 5.39. The number of nitrogens with two attached hydrogens (primary N) is 1. The molecule has 0 aromatic carbocycles. The number of unbranched alkanes of at least 4 members (excludes halogenated alkanes) is 1. The molecule has 1 fully saturated rings. The van der Waals surface area contributed by atoms with Crippen LogP contribution in [0.1, 0.15) is 18.4 Å². The van der Waals surface area contributed by atoms with Crippen LogP contribution in [0.25, 0.3) is 0 Å². The average Bonchev–Trinajstić information content (AvgIpc) is 2.41. The third-order valence-corrected chi connectivity index (χ3v) is 3.52. The molecule has 100 valence electrons. The summed E-state index contributed by atoms with van der Waals surface area (Å²) in [6, 6.07) is 4.26. The molecule has 4 nitrogen and oxygen atoms in total. The van der Waals surface area contributed by atoms with E-state index in [0.717, 1.165) is 45.0 Å². The maximum Gasteiger partial charge on any atom is 0.128 e. The number of anilines is 1. The Morgan fingerprint density at radius 1 is 1.17 bits per heavy atom. The number of piperazine rings is 1. The first-order valence-corrected chi connectivity index (χ1v) is 6.89. The number of hydrogen-bond acceptors (Lipinski definition) is 4. The Labute approximate surface area is 110 Å². The van der Waals surface area contributed by atoms with Gasteiger partial charge in [0.15, 0.2) is 0 Å². The van der Waals surface area contributed by atoms with Gasteiger partial charge in [0.1, 0.15) is 5.82 Å². The van der Waals surface area contributed by atoms with Crippen molar-refractivity contribution < 1.29 is 0 Å². The highest BCUT2D eigenvalue weighted by Crippen LogP contribution is 2.13. The number of nitrogens with zero attached hydrogens (tertiary/aromatic N) is 3. The van der Waals surface area contributed by atoms with Gasteiger partial charge in [0.05, 0.1) is 0 Å². The number of aromatic nitrogens is 1. The summed E-state index contributed by atoms with van der Waals surface area (Å²) in [5, 5.41) is 0. The standard InChI is InChI=1S/C14H24N4/c1-13-4-5-14(16-12-13)18-10-8-17(9-11-18)7-3-2-6-15/h4-5,12H,2-3,6-11,15H2,1H3. The van der Waals surface area contributed by atoms with Crippen molar-refractivity contribution in [3.63, 3.8) is 0 Å². The van der Waals surface area contributed by atoms with Gasteiger partial charge < -0.3 is 10.6 Å². The lowest BCUT2D eigenvalue weighted by Crippen LogP contribution is -2.46. The summed E-state index contributed by atoms with van der Waals surface area (Å²) in [6.45, 7) is 8.52. The molecule has 2 rings (SSSR count). The van der Waals surface area contributed by atoms with Crippen molar-refractivity contribution in [1.29, 1.82) is 0 Å². The predicted octanol–water partition coefficient (Wildman–Crippen LogP) is 1.25. The van der Waals surface area contributed by atoms with E-state index in [1.165, 1.54) is 18.5 Å². The molecule has 4 heteroatoms. The van der Waals surface area contributed by atoms with Crippen LogP contribution in [0.4, 0.5) is 5.82 Å². The minimum Gasteiger partial charge on any atom is -0.354 e. The van der Waals surface area contributed by atoms with Crippen molar-refractivity contribution in [1.82, 2.24) is 9.88 Å². The molecule has 0 saturated carbocycles. The number of aryl methyl sites for hydroxylation is 1. The maximum atomic E-state index is 5.52. The zero-order valence-electron chi connectivity index (χ0n) is 11.3. The first-order valence-electron chi connectivity index (χ1n) is 6.89. The van der Waals surface area contributed by atoms with Gasteiger partial charge in [-0.3, -0.25) is 4.90 Å². The van der Waals surface area contributed by atoms with E-state index in [-0.39, 0.29) is 0 Å². The highest BCUT2D eigenvalue weighted by Gasteiger charge is 2.17. The summed E-state index contributed by atoms with van der Waals surface area (Å²) < 4.78 is 0. The minimum atomic E-state index is 0.813. The number of rotatable bonds is 5. The molecule has 1 aliphatic rings. The number of pyridine rings is 1. The van der Waals surface area contributed by atoms with Crippen molar-refractivity contribution in [2.45, 2.75) is 19.8 Å². The average molecular weight is 248 g/mol. The summed E-state index contributed by atoms with van der Waals surface area (Å²) in [6.07, 6.45) is 4.31. The Kier molecular flexibility index (Phi) is 4.96. The van der Waals surface area contributed by atoms with E-state index in [2.05, 4.69) is 33.8 Å². The Morgan fingerprint density at radius 3 is 2.56 bits per heavy atom.